The zero-order valence-corrected chi connectivity index (χ0v) is 10.3. The maximum absolute atomic E-state index is 3.45. The number of benzene rings is 1. The largest absolute Gasteiger partial charge is 0.384 e. The third-order valence-electron chi connectivity index (χ3n) is 2.06. The second-order valence-corrected chi connectivity index (χ2v) is 4.16. The Bertz CT molecular complexity index is 287. The third-order valence-corrected chi connectivity index (χ3v) is 2.55. The average molecular weight is 257 g/mol. The quantitative estimate of drug-likeness (QED) is 0.792. The first-order chi connectivity index (χ1) is 6.74. The van der Waals surface area contributed by atoms with Crippen molar-refractivity contribution in [3.8, 4) is 0 Å². The van der Waals surface area contributed by atoms with Crippen molar-refractivity contribution >= 4 is 21.6 Å². The Balaban J connectivity index is 2.42. The van der Waals surface area contributed by atoms with Crippen LogP contribution in [0.4, 0.5) is 5.69 Å². The van der Waals surface area contributed by atoms with Gasteiger partial charge in [-0.25, -0.2) is 0 Å². The maximum Gasteiger partial charge on any atom is 0.0371 e. The van der Waals surface area contributed by atoms with Gasteiger partial charge in [0.05, 0.1) is 0 Å². The van der Waals surface area contributed by atoms with Crippen molar-refractivity contribution < 1.29 is 0 Å². The lowest BCUT2D eigenvalue weighted by atomic mass is 10.2. The van der Waals surface area contributed by atoms with Crippen LogP contribution >= 0.6 is 15.9 Å². The van der Waals surface area contributed by atoms with E-state index >= 15 is 0 Å². The van der Waals surface area contributed by atoms with Gasteiger partial charge >= 0.3 is 0 Å². The van der Waals surface area contributed by atoms with E-state index in [2.05, 4.69) is 58.6 Å². The van der Waals surface area contributed by atoms with E-state index in [-0.39, 0.29) is 0 Å². The summed E-state index contributed by atoms with van der Waals surface area (Å²) in [6.07, 6.45) is 0. The molecule has 0 saturated heterocycles. The van der Waals surface area contributed by atoms with Gasteiger partial charge < -0.3 is 10.6 Å². The van der Waals surface area contributed by atoms with Crippen LogP contribution in [-0.2, 0) is 0 Å². The molecule has 78 valence electrons. The summed E-state index contributed by atoms with van der Waals surface area (Å²) >= 11 is 3.45. The van der Waals surface area contributed by atoms with Crippen molar-refractivity contribution in [3.63, 3.8) is 0 Å². The molecular weight excluding hydrogens is 240 g/mol. The summed E-state index contributed by atoms with van der Waals surface area (Å²) in [6, 6.07) is 6.28. The van der Waals surface area contributed by atoms with E-state index in [1.54, 1.807) is 0 Å². The van der Waals surface area contributed by atoms with Crippen LogP contribution in [0.2, 0.25) is 0 Å². The predicted octanol–water partition coefficient (Wildman–Crippen LogP) is 2.78. The van der Waals surface area contributed by atoms with Crippen LogP contribution in [0.5, 0.6) is 0 Å². The molecule has 0 heterocycles. The minimum atomic E-state index is 0.969. The van der Waals surface area contributed by atoms with Crippen LogP contribution in [-0.4, -0.2) is 19.6 Å². The Hall–Kier alpha value is -0.540. The summed E-state index contributed by atoms with van der Waals surface area (Å²) in [6.45, 7) is 7.23. The lowest BCUT2D eigenvalue weighted by molar-refractivity contribution is 0.739. The first kappa shape index (κ1) is 11.5. The third kappa shape index (κ3) is 3.68. The molecule has 14 heavy (non-hydrogen) atoms. The number of rotatable bonds is 5. The van der Waals surface area contributed by atoms with Gasteiger partial charge in [-0.3, -0.25) is 0 Å². The van der Waals surface area contributed by atoms with Gasteiger partial charge in [0, 0.05) is 23.2 Å². The molecule has 0 aliphatic heterocycles. The molecule has 0 saturated carbocycles. The first-order valence-corrected chi connectivity index (χ1v) is 5.74. The Kier molecular flexibility index (Phi) is 4.98. The lowest BCUT2D eigenvalue weighted by Gasteiger charge is -2.09. The molecule has 1 aromatic rings. The Morgan fingerprint density at radius 2 is 2.07 bits per heavy atom. The van der Waals surface area contributed by atoms with Gasteiger partial charge in [-0.05, 0) is 37.2 Å². The van der Waals surface area contributed by atoms with Gasteiger partial charge in [0.25, 0.3) is 0 Å². The normalized spacial score (nSPS) is 10.2. The number of anilines is 1. The van der Waals surface area contributed by atoms with Crippen LogP contribution < -0.4 is 10.6 Å². The van der Waals surface area contributed by atoms with Crippen molar-refractivity contribution in [3.05, 3.63) is 28.2 Å². The van der Waals surface area contributed by atoms with E-state index in [0.717, 1.165) is 24.1 Å². The molecule has 0 aliphatic rings. The topological polar surface area (TPSA) is 24.1 Å². The zero-order valence-electron chi connectivity index (χ0n) is 8.73. The van der Waals surface area contributed by atoms with Gasteiger partial charge in [0.2, 0.25) is 0 Å². The zero-order chi connectivity index (χ0) is 10.4. The van der Waals surface area contributed by atoms with Crippen LogP contribution in [0, 0.1) is 6.92 Å². The number of halogens is 1. The minimum absolute atomic E-state index is 0.969. The molecule has 2 N–H and O–H groups in total. The predicted molar refractivity (Wildman–Crippen MR) is 65.9 cm³/mol. The number of hydrogen-bond donors (Lipinski definition) is 2. The fraction of sp³-hybridized carbons (Fsp3) is 0.455. The molecule has 0 fully saturated rings. The van der Waals surface area contributed by atoms with E-state index in [1.165, 1.54) is 11.3 Å². The van der Waals surface area contributed by atoms with E-state index in [4.69, 9.17) is 0 Å². The number of likely N-dealkylation sites (N-methyl/N-ethyl adjacent to an activating group) is 1. The molecule has 0 aromatic heterocycles. The van der Waals surface area contributed by atoms with Crippen molar-refractivity contribution in [1.82, 2.24) is 5.32 Å². The van der Waals surface area contributed by atoms with Crippen LogP contribution in [0.3, 0.4) is 0 Å². The van der Waals surface area contributed by atoms with Gasteiger partial charge in [0.15, 0.2) is 0 Å². The Labute approximate surface area is 94.2 Å². The molecule has 2 nitrogen and oxygen atoms in total. The summed E-state index contributed by atoms with van der Waals surface area (Å²) in [7, 11) is 0. The fourth-order valence-corrected chi connectivity index (χ4v) is 1.76. The highest BCUT2D eigenvalue weighted by Gasteiger charge is 1.96. The molecule has 0 amide bonds. The summed E-state index contributed by atoms with van der Waals surface area (Å²) in [5.41, 5.74) is 2.49. The van der Waals surface area contributed by atoms with Gasteiger partial charge in [-0.2, -0.15) is 0 Å². The van der Waals surface area contributed by atoms with Crippen LogP contribution in [0.15, 0.2) is 22.7 Å². The second-order valence-electron chi connectivity index (χ2n) is 3.24. The van der Waals surface area contributed by atoms with E-state index in [0.29, 0.717) is 0 Å². The van der Waals surface area contributed by atoms with Crippen LogP contribution in [0.25, 0.3) is 0 Å². The van der Waals surface area contributed by atoms with E-state index in [1.807, 2.05) is 0 Å². The lowest BCUT2D eigenvalue weighted by Crippen LogP contribution is -2.21. The highest BCUT2D eigenvalue weighted by atomic mass is 79.9. The summed E-state index contributed by atoms with van der Waals surface area (Å²) in [4.78, 5) is 0. The molecule has 1 rings (SSSR count). The number of nitrogens with one attached hydrogen (secondary N) is 2. The van der Waals surface area contributed by atoms with Gasteiger partial charge in [0.1, 0.15) is 0 Å². The van der Waals surface area contributed by atoms with Gasteiger partial charge in [-0.1, -0.05) is 22.9 Å². The number of hydrogen-bond acceptors (Lipinski definition) is 2. The van der Waals surface area contributed by atoms with Crippen molar-refractivity contribution in [1.29, 1.82) is 0 Å². The molecule has 0 atom stereocenters. The standard InChI is InChI=1S/C11H17BrN2/c1-3-13-6-7-14-11-5-4-10(12)8-9(11)2/h4-5,8,13-14H,3,6-7H2,1-2H3. The number of aryl methyl sites for hydroxylation is 1. The maximum atomic E-state index is 3.45. The summed E-state index contributed by atoms with van der Waals surface area (Å²) in [5, 5.41) is 6.67. The molecule has 0 radical (unpaired) electrons. The smallest absolute Gasteiger partial charge is 0.0371 e. The Morgan fingerprint density at radius 1 is 1.29 bits per heavy atom. The molecule has 1 aromatic carbocycles. The Morgan fingerprint density at radius 3 is 2.71 bits per heavy atom. The van der Waals surface area contributed by atoms with Gasteiger partial charge in [-0.15, -0.1) is 0 Å². The summed E-state index contributed by atoms with van der Waals surface area (Å²) in [5.74, 6) is 0. The second kappa shape index (κ2) is 6.04. The van der Waals surface area contributed by atoms with E-state index in [9.17, 15) is 0 Å². The van der Waals surface area contributed by atoms with Crippen molar-refractivity contribution in [2.24, 2.45) is 0 Å². The molecule has 0 aliphatic carbocycles. The van der Waals surface area contributed by atoms with Crippen LogP contribution in [0.1, 0.15) is 12.5 Å². The summed E-state index contributed by atoms with van der Waals surface area (Å²) < 4.78 is 1.13. The molecule has 0 spiro atoms. The highest BCUT2D eigenvalue weighted by molar-refractivity contribution is 9.10. The highest BCUT2D eigenvalue weighted by Crippen LogP contribution is 2.19. The molecule has 3 heteroatoms. The molecule has 0 bridgehead atoms. The molecule has 0 unspecified atom stereocenters. The molecular formula is C11H17BrN2. The SMILES string of the molecule is CCNCCNc1ccc(Br)cc1C. The fourth-order valence-electron chi connectivity index (χ4n) is 1.29. The average Bonchev–Trinajstić information content (AvgIpc) is 2.15. The van der Waals surface area contributed by atoms with E-state index < -0.39 is 0 Å². The minimum Gasteiger partial charge on any atom is -0.384 e. The van der Waals surface area contributed by atoms with Crippen molar-refractivity contribution in [2.75, 3.05) is 25.0 Å². The van der Waals surface area contributed by atoms with Crippen molar-refractivity contribution in [2.45, 2.75) is 13.8 Å². The first-order valence-electron chi connectivity index (χ1n) is 4.94. The monoisotopic (exact) mass is 256 g/mol.